The molecule has 1 aromatic rings. The van der Waals surface area contributed by atoms with Gasteiger partial charge in [0.15, 0.2) is 0 Å². The quantitative estimate of drug-likeness (QED) is 0.870. The zero-order valence-corrected chi connectivity index (χ0v) is 15.8. The third kappa shape index (κ3) is 4.02. The highest BCUT2D eigenvalue weighted by Crippen LogP contribution is 2.36. The van der Waals surface area contributed by atoms with Gasteiger partial charge < -0.3 is 5.32 Å². The lowest BCUT2D eigenvalue weighted by Gasteiger charge is -2.29. The van der Waals surface area contributed by atoms with Crippen LogP contribution in [0, 0.1) is 16.7 Å². The monoisotopic (exact) mass is 363 g/mol. The van der Waals surface area contributed by atoms with Crippen molar-refractivity contribution in [2.45, 2.75) is 56.9 Å². The zero-order valence-electron chi connectivity index (χ0n) is 14.9. The van der Waals surface area contributed by atoms with Crippen molar-refractivity contribution in [3.05, 3.63) is 24.3 Å². The number of hydrogen-bond donors (Lipinski definition) is 1. The van der Waals surface area contributed by atoms with E-state index in [4.69, 9.17) is 0 Å². The zero-order chi connectivity index (χ0) is 18.7. The van der Waals surface area contributed by atoms with Gasteiger partial charge >= 0.3 is 0 Å². The topological polar surface area (TPSA) is 90.3 Å². The molecule has 7 heteroatoms. The summed E-state index contributed by atoms with van der Waals surface area (Å²) in [6, 6.07) is 8.12. The number of rotatable bonds is 5. The minimum Gasteiger partial charge on any atom is -0.325 e. The molecule has 1 aliphatic rings. The van der Waals surface area contributed by atoms with Crippen LogP contribution in [0.1, 0.15) is 46.0 Å². The summed E-state index contributed by atoms with van der Waals surface area (Å²) in [5.41, 5.74) is -0.475. The second-order valence-corrected chi connectivity index (χ2v) is 8.85. The molecule has 2 rings (SSSR count). The molecule has 1 N–H and O–H groups in total. The third-order valence-corrected chi connectivity index (χ3v) is 6.92. The molecule has 0 atom stereocenters. The molecule has 1 aliphatic carbocycles. The molecule has 0 heterocycles. The number of sulfonamides is 1. The second kappa shape index (κ2) is 7.54. The van der Waals surface area contributed by atoms with E-state index in [2.05, 4.69) is 11.4 Å². The first-order valence-corrected chi connectivity index (χ1v) is 9.98. The molecule has 0 bridgehead atoms. The van der Waals surface area contributed by atoms with Crippen LogP contribution in [0.5, 0.6) is 0 Å². The van der Waals surface area contributed by atoms with E-state index in [-0.39, 0.29) is 16.8 Å². The summed E-state index contributed by atoms with van der Waals surface area (Å²) in [5.74, 6) is -0.301. The van der Waals surface area contributed by atoms with Gasteiger partial charge in [-0.1, -0.05) is 19.3 Å². The number of carbonyl (C=O) groups is 1. The van der Waals surface area contributed by atoms with Crippen LogP contribution in [-0.2, 0) is 14.8 Å². The Hall–Kier alpha value is -1.91. The maximum atomic E-state index is 12.5. The van der Waals surface area contributed by atoms with Crippen molar-refractivity contribution in [3.8, 4) is 6.07 Å². The Morgan fingerprint density at radius 1 is 1.20 bits per heavy atom. The molecule has 0 spiro atoms. The van der Waals surface area contributed by atoms with Crippen LogP contribution in [0.3, 0.4) is 0 Å². The average molecular weight is 363 g/mol. The predicted octanol–water partition coefficient (Wildman–Crippen LogP) is 3.13. The van der Waals surface area contributed by atoms with Crippen LogP contribution in [0.4, 0.5) is 5.69 Å². The fraction of sp³-hybridized carbons (Fsp3) is 0.556. The molecular formula is C18H25N3O3S. The number of anilines is 1. The molecule has 0 aromatic heterocycles. The van der Waals surface area contributed by atoms with Gasteiger partial charge in [0, 0.05) is 18.8 Å². The molecule has 0 radical (unpaired) electrons. The van der Waals surface area contributed by atoms with Gasteiger partial charge in [-0.25, -0.2) is 8.42 Å². The molecule has 0 unspecified atom stereocenters. The van der Waals surface area contributed by atoms with Crippen molar-refractivity contribution >= 4 is 21.6 Å². The lowest BCUT2D eigenvalue weighted by Crippen LogP contribution is -2.36. The van der Waals surface area contributed by atoms with Crippen molar-refractivity contribution in [1.29, 1.82) is 5.26 Å². The number of carbonyl (C=O) groups excluding carboxylic acids is 1. The number of nitrogens with one attached hydrogen (secondary N) is 1. The molecule has 136 valence electrons. The molecule has 0 aliphatic heterocycles. The van der Waals surface area contributed by atoms with Gasteiger partial charge in [-0.2, -0.15) is 9.57 Å². The Morgan fingerprint density at radius 3 is 2.24 bits per heavy atom. The van der Waals surface area contributed by atoms with E-state index >= 15 is 0 Å². The molecule has 25 heavy (non-hydrogen) atoms. The van der Waals surface area contributed by atoms with E-state index in [9.17, 15) is 18.5 Å². The Balaban J connectivity index is 2.15. The summed E-state index contributed by atoms with van der Waals surface area (Å²) < 4.78 is 26.2. The van der Waals surface area contributed by atoms with E-state index in [1.54, 1.807) is 26.0 Å². The van der Waals surface area contributed by atoms with Gasteiger partial charge in [-0.3, -0.25) is 4.79 Å². The van der Waals surface area contributed by atoms with Crippen LogP contribution in [0.2, 0.25) is 0 Å². The number of amides is 1. The van der Waals surface area contributed by atoms with Crippen molar-refractivity contribution in [1.82, 2.24) is 4.31 Å². The summed E-state index contributed by atoms with van der Waals surface area (Å²) in [5, 5.41) is 12.2. The average Bonchev–Trinajstić information content (AvgIpc) is 2.61. The second-order valence-electron chi connectivity index (χ2n) is 6.85. The fourth-order valence-electron chi connectivity index (χ4n) is 2.95. The molecule has 6 nitrogen and oxygen atoms in total. The van der Waals surface area contributed by atoms with Crippen LogP contribution >= 0.6 is 0 Å². The van der Waals surface area contributed by atoms with E-state index in [0.29, 0.717) is 18.5 Å². The summed E-state index contributed by atoms with van der Waals surface area (Å²) in [6.45, 7) is 3.61. The molecule has 1 saturated carbocycles. The van der Waals surface area contributed by atoms with Crippen molar-refractivity contribution in [3.63, 3.8) is 0 Å². The first-order valence-electron chi connectivity index (χ1n) is 8.54. The molecule has 1 amide bonds. The van der Waals surface area contributed by atoms with E-state index < -0.39 is 15.4 Å². The normalized spacial score (nSPS) is 17.3. The SMILES string of the molecule is CC(C)N(C)S(=O)(=O)c1ccc(NC(=O)C2(C#N)CCCCC2)cc1. The number of nitriles is 1. The van der Waals surface area contributed by atoms with Crippen molar-refractivity contribution in [2.75, 3.05) is 12.4 Å². The molecule has 1 fully saturated rings. The molecule has 0 saturated heterocycles. The highest BCUT2D eigenvalue weighted by molar-refractivity contribution is 7.89. The van der Waals surface area contributed by atoms with Crippen molar-refractivity contribution < 1.29 is 13.2 Å². The smallest absolute Gasteiger partial charge is 0.244 e. The summed E-state index contributed by atoms with van der Waals surface area (Å²) in [4.78, 5) is 12.7. The van der Waals surface area contributed by atoms with Crippen LogP contribution in [0.15, 0.2) is 29.2 Å². The maximum Gasteiger partial charge on any atom is 0.244 e. The van der Waals surface area contributed by atoms with E-state index in [1.165, 1.54) is 23.5 Å². The van der Waals surface area contributed by atoms with Crippen LogP contribution in [-0.4, -0.2) is 31.7 Å². The first-order chi connectivity index (χ1) is 11.7. The van der Waals surface area contributed by atoms with Crippen LogP contribution < -0.4 is 5.32 Å². The summed E-state index contributed by atoms with van der Waals surface area (Å²) >= 11 is 0. The Kier molecular flexibility index (Phi) is 5.86. The van der Waals surface area contributed by atoms with Gasteiger partial charge in [0.2, 0.25) is 15.9 Å². The summed E-state index contributed by atoms with van der Waals surface area (Å²) in [6.07, 6.45) is 3.94. The van der Waals surface area contributed by atoms with Gasteiger partial charge in [-0.05, 0) is 51.0 Å². The lowest BCUT2D eigenvalue weighted by atomic mass is 9.74. The van der Waals surface area contributed by atoms with Gasteiger partial charge in [0.05, 0.1) is 11.0 Å². The predicted molar refractivity (Wildman–Crippen MR) is 96.3 cm³/mol. The van der Waals surface area contributed by atoms with Gasteiger partial charge in [0.1, 0.15) is 5.41 Å². The Bertz CT molecular complexity index is 758. The van der Waals surface area contributed by atoms with Gasteiger partial charge in [-0.15, -0.1) is 0 Å². The standard InChI is InChI=1S/C18H25N3O3S/c1-14(2)21(3)25(23,24)16-9-7-15(8-10-16)20-17(22)18(13-19)11-5-4-6-12-18/h7-10,14H,4-6,11-12H2,1-3H3,(H,20,22). The number of hydrogen-bond acceptors (Lipinski definition) is 4. The highest BCUT2D eigenvalue weighted by atomic mass is 32.2. The lowest BCUT2D eigenvalue weighted by molar-refractivity contribution is -0.124. The molecular weight excluding hydrogens is 338 g/mol. The third-order valence-electron chi connectivity index (χ3n) is 4.87. The minimum absolute atomic E-state index is 0.147. The minimum atomic E-state index is -3.55. The first kappa shape index (κ1) is 19.4. The van der Waals surface area contributed by atoms with Gasteiger partial charge in [0.25, 0.3) is 0 Å². The van der Waals surface area contributed by atoms with E-state index in [1.807, 2.05) is 0 Å². The van der Waals surface area contributed by atoms with E-state index in [0.717, 1.165) is 19.3 Å². The fourth-order valence-corrected chi connectivity index (χ4v) is 4.32. The van der Waals surface area contributed by atoms with Crippen molar-refractivity contribution in [2.24, 2.45) is 5.41 Å². The molecule has 1 aromatic carbocycles. The highest BCUT2D eigenvalue weighted by Gasteiger charge is 2.39. The maximum absolute atomic E-state index is 12.5. The summed E-state index contributed by atoms with van der Waals surface area (Å²) in [7, 11) is -2.02. The Morgan fingerprint density at radius 2 is 1.76 bits per heavy atom. The number of benzene rings is 1. The Labute approximate surface area is 149 Å². The number of nitrogens with zero attached hydrogens (tertiary/aromatic N) is 2. The largest absolute Gasteiger partial charge is 0.325 e. The van der Waals surface area contributed by atoms with Crippen LogP contribution in [0.25, 0.3) is 0 Å².